The van der Waals surface area contributed by atoms with Gasteiger partial charge in [0.05, 0.1) is 11.3 Å². The van der Waals surface area contributed by atoms with Crippen molar-refractivity contribution in [3.63, 3.8) is 0 Å². The smallest absolute Gasteiger partial charge is 0.410 e. The molecule has 0 spiro atoms. The van der Waals surface area contributed by atoms with Crippen molar-refractivity contribution >= 4 is 29.6 Å². The third-order valence-corrected chi connectivity index (χ3v) is 6.19. The molecule has 1 aromatic carbocycles. The van der Waals surface area contributed by atoms with Crippen LogP contribution in [0.5, 0.6) is 0 Å². The average Bonchev–Trinajstić information content (AvgIpc) is 2.81. The molecule has 0 aliphatic carbocycles. The Balaban J connectivity index is 1.65. The van der Waals surface area contributed by atoms with Gasteiger partial charge in [-0.15, -0.1) is 0 Å². The lowest BCUT2D eigenvalue weighted by atomic mass is 9.96. The van der Waals surface area contributed by atoms with E-state index in [2.05, 4.69) is 9.97 Å². The van der Waals surface area contributed by atoms with Gasteiger partial charge in [-0.2, -0.15) is 0 Å². The molecule has 10 heteroatoms. The van der Waals surface area contributed by atoms with Crippen molar-refractivity contribution in [2.24, 2.45) is 0 Å². The second-order valence-corrected chi connectivity index (χ2v) is 10.4. The van der Waals surface area contributed by atoms with E-state index in [9.17, 15) is 19.5 Å². The number of halogens is 1. The Kier molecular flexibility index (Phi) is 8.89. The number of hydrogen-bond donors (Lipinski definition) is 1. The number of nitrogens with zero attached hydrogens (tertiary/aromatic N) is 4. The Labute approximate surface area is 216 Å². The van der Waals surface area contributed by atoms with E-state index in [1.54, 1.807) is 24.0 Å². The third kappa shape index (κ3) is 7.65. The average molecular weight is 517 g/mol. The fourth-order valence-corrected chi connectivity index (χ4v) is 4.17. The molecule has 1 aliphatic rings. The summed E-state index contributed by atoms with van der Waals surface area (Å²) in [6.45, 7) is 8.14. The Hall–Kier alpha value is -3.20. The zero-order chi connectivity index (χ0) is 26.5. The zero-order valence-electron chi connectivity index (χ0n) is 21.2. The quantitative estimate of drug-likeness (QED) is 0.583. The Morgan fingerprint density at radius 3 is 2.36 bits per heavy atom. The number of carboxylic acids is 1. The number of aryl methyl sites for hydroxylation is 1. The van der Waals surface area contributed by atoms with Gasteiger partial charge < -0.3 is 19.6 Å². The van der Waals surface area contributed by atoms with Crippen LogP contribution in [0.15, 0.2) is 30.5 Å². The summed E-state index contributed by atoms with van der Waals surface area (Å²) >= 11 is 5.92. The summed E-state index contributed by atoms with van der Waals surface area (Å²) in [7, 11) is 0. The van der Waals surface area contributed by atoms with E-state index in [0.717, 1.165) is 5.56 Å². The molecule has 1 fully saturated rings. The van der Waals surface area contributed by atoms with E-state index in [1.807, 2.05) is 32.9 Å². The Morgan fingerprint density at radius 2 is 1.81 bits per heavy atom. The lowest BCUT2D eigenvalue weighted by Crippen LogP contribution is -2.41. The molecule has 2 aromatic rings. The summed E-state index contributed by atoms with van der Waals surface area (Å²) in [6.07, 6.45) is 3.04. The van der Waals surface area contributed by atoms with Gasteiger partial charge in [0.25, 0.3) is 5.91 Å². The van der Waals surface area contributed by atoms with Crippen molar-refractivity contribution in [1.82, 2.24) is 19.8 Å². The minimum Gasteiger partial charge on any atom is -0.480 e. The Morgan fingerprint density at radius 1 is 1.17 bits per heavy atom. The van der Waals surface area contributed by atoms with Crippen molar-refractivity contribution in [3.8, 4) is 0 Å². The number of hydrogen-bond acceptors (Lipinski definition) is 6. The van der Waals surface area contributed by atoms with E-state index >= 15 is 0 Å². The molecule has 1 saturated heterocycles. The number of piperidine rings is 1. The van der Waals surface area contributed by atoms with E-state index in [0.29, 0.717) is 48.9 Å². The topological polar surface area (TPSA) is 113 Å². The molecule has 9 nitrogen and oxygen atoms in total. The zero-order valence-corrected chi connectivity index (χ0v) is 21.9. The highest BCUT2D eigenvalue weighted by Crippen LogP contribution is 2.27. The van der Waals surface area contributed by atoms with Gasteiger partial charge in [0.2, 0.25) is 0 Å². The molecule has 2 heterocycles. The maximum Gasteiger partial charge on any atom is 0.410 e. The number of likely N-dealkylation sites (tertiary alicyclic amines) is 1. The standard InChI is InChI=1S/C26H33ClN4O5/c1-17-21(24(34)31(16-22(32)33)12-9-18-5-7-20(27)8-6-18)15-28-23(29-17)19-10-13-30(14-11-19)25(35)36-26(2,3)4/h5-8,15,19H,9-14,16H2,1-4H3,(H,32,33). The lowest BCUT2D eigenvalue weighted by Gasteiger charge is -2.33. The Bertz CT molecular complexity index is 1090. The molecule has 0 atom stereocenters. The normalized spacial score (nSPS) is 14.4. The van der Waals surface area contributed by atoms with Crippen LogP contribution in [0.3, 0.4) is 0 Å². The largest absolute Gasteiger partial charge is 0.480 e. The van der Waals surface area contributed by atoms with Crippen molar-refractivity contribution in [3.05, 3.63) is 58.1 Å². The fraction of sp³-hybridized carbons (Fsp3) is 0.500. The second kappa shape index (κ2) is 11.7. The van der Waals surface area contributed by atoms with Crippen LogP contribution in [-0.4, -0.2) is 74.6 Å². The number of ether oxygens (including phenoxy) is 1. The van der Waals surface area contributed by atoms with Gasteiger partial charge in [0.15, 0.2) is 0 Å². The number of rotatable bonds is 7. The van der Waals surface area contributed by atoms with Crippen molar-refractivity contribution in [2.75, 3.05) is 26.2 Å². The number of carbonyl (C=O) groups is 3. The molecular weight excluding hydrogens is 484 g/mol. The number of benzene rings is 1. The van der Waals surface area contributed by atoms with Gasteiger partial charge in [0, 0.05) is 36.8 Å². The summed E-state index contributed by atoms with van der Waals surface area (Å²) in [5, 5.41) is 9.95. The maximum absolute atomic E-state index is 13.2. The van der Waals surface area contributed by atoms with Gasteiger partial charge in [-0.05, 0) is 64.7 Å². The lowest BCUT2D eigenvalue weighted by molar-refractivity contribution is -0.137. The van der Waals surface area contributed by atoms with Crippen molar-refractivity contribution in [1.29, 1.82) is 0 Å². The summed E-state index contributed by atoms with van der Waals surface area (Å²) in [6, 6.07) is 7.22. The molecular formula is C26H33ClN4O5. The number of carbonyl (C=O) groups excluding carboxylic acids is 2. The molecule has 0 bridgehead atoms. The number of carboxylic acid groups (broad SMARTS) is 1. The van der Waals surface area contributed by atoms with Gasteiger partial charge in [0.1, 0.15) is 18.0 Å². The van der Waals surface area contributed by atoms with E-state index in [1.165, 1.54) is 11.1 Å². The first-order valence-corrected chi connectivity index (χ1v) is 12.4. The first-order valence-electron chi connectivity index (χ1n) is 12.0. The minimum absolute atomic E-state index is 0.0616. The highest BCUT2D eigenvalue weighted by Gasteiger charge is 2.29. The third-order valence-electron chi connectivity index (χ3n) is 5.94. The van der Waals surface area contributed by atoms with Crippen LogP contribution in [0.25, 0.3) is 0 Å². The van der Waals surface area contributed by atoms with E-state index in [4.69, 9.17) is 16.3 Å². The van der Waals surface area contributed by atoms with Gasteiger partial charge in [-0.1, -0.05) is 23.7 Å². The molecule has 0 radical (unpaired) electrons. The van der Waals surface area contributed by atoms with Gasteiger partial charge >= 0.3 is 12.1 Å². The monoisotopic (exact) mass is 516 g/mol. The fourth-order valence-electron chi connectivity index (χ4n) is 4.04. The van der Waals surface area contributed by atoms with Crippen LogP contribution in [0.4, 0.5) is 4.79 Å². The first kappa shape index (κ1) is 27.4. The molecule has 3 rings (SSSR count). The van der Waals surface area contributed by atoms with Crippen LogP contribution < -0.4 is 0 Å². The SMILES string of the molecule is Cc1nc(C2CCN(C(=O)OC(C)(C)C)CC2)ncc1C(=O)N(CCc1ccc(Cl)cc1)CC(=O)O. The molecule has 1 aromatic heterocycles. The molecule has 1 aliphatic heterocycles. The number of aromatic nitrogens is 2. The van der Waals surface area contributed by atoms with Crippen LogP contribution in [-0.2, 0) is 16.0 Å². The van der Waals surface area contributed by atoms with E-state index < -0.39 is 24.0 Å². The summed E-state index contributed by atoms with van der Waals surface area (Å²) < 4.78 is 5.45. The molecule has 0 saturated carbocycles. The van der Waals surface area contributed by atoms with Crippen LogP contribution in [0.2, 0.25) is 5.02 Å². The molecule has 1 N–H and O–H groups in total. The van der Waals surface area contributed by atoms with Crippen LogP contribution in [0.1, 0.15) is 67.0 Å². The minimum atomic E-state index is -1.09. The predicted octanol–water partition coefficient (Wildman–Crippen LogP) is 4.32. The number of aliphatic carboxylic acids is 1. The molecule has 0 unspecified atom stereocenters. The highest BCUT2D eigenvalue weighted by molar-refractivity contribution is 6.30. The number of amides is 2. The summed E-state index contributed by atoms with van der Waals surface area (Å²) in [5.41, 5.74) is 1.19. The van der Waals surface area contributed by atoms with E-state index in [-0.39, 0.29) is 24.1 Å². The summed E-state index contributed by atoms with van der Waals surface area (Å²) in [5.74, 6) is -0.827. The summed E-state index contributed by atoms with van der Waals surface area (Å²) in [4.78, 5) is 48.9. The molecule has 36 heavy (non-hydrogen) atoms. The van der Waals surface area contributed by atoms with Gasteiger partial charge in [-0.3, -0.25) is 9.59 Å². The van der Waals surface area contributed by atoms with Crippen LogP contribution in [0, 0.1) is 6.92 Å². The van der Waals surface area contributed by atoms with Crippen molar-refractivity contribution < 1.29 is 24.2 Å². The van der Waals surface area contributed by atoms with Crippen LogP contribution >= 0.6 is 11.6 Å². The first-order chi connectivity index (χ1) is 16.9. The maximum atomic E-state index is 13.2. The van der Waals surface area contributed by atoms with Crippen molar-refractivity contribution in [2.45, 2.75) is 58.5 Å². The van der Waals surface area contributed by atoms with Gasteiger partial charge in [-0.25, -0.2) is 14.8 Å². The molecule has 194 valence electrons. The highest BCUT2D eigenvalue weighted by atomic mass is 35.5. The molecule has 2 amide bonds. The predicted molar refractivity (Wildman–Crippen MR) is 135 cm³/mol. The second-order valence-electron chi connectivity index (χ2n) is 9.97.